The molecule has 0 amide bonds. The van der Waals surface area contributed by atoms with Crippen LogP contribution in [0.2, 0.25) is 0 Å². The van der Waals surface area contributed by atoms with Gasteiger partial charge in [-0.05, 0) is 12.0 Å². The zero-order chi connectivity index (χ0) is 8.93. The van der Waals surface area contributed by atoms with Crippen molar-refractivity contribution in [3.63, 3.8) is 0 Å². The first-order valence-electron chi connectivity index (χ1n) is 4.80. The second kappa shape index (κ2) is 6.02. The van der Waals surface area contributed by atoms with Crippen LogP contribution in [0.1, 0.15) is 5.56 Å². The Bertz CT molecular complexity index is 247. The molecule has 1 aliphatic rings. The maximum absolute atomic E-state index is 5.39. The van der Waals surface area contributed by atoms with Crippen LogP contribution < -0.4 is 5.32 Å². The molecule has 2 nitrogen and oxygen atoms in total. The Labute approximate surface area is 91.1 Å². The molecule has 14 heavy (non-hydrogen) atoms. The van der Waals surface area contributed by atoms with Gasteiger partial charge in [-0.3, -0.25) is 0 Å². The van der Waals surface area contributed by atoms with E-state index < -0.39 is 0 Å². The average molecular weight is 214 g/mol. The lowest BCUT2D eigenvalue weighted by Crippen LogP contribution is -2.42. The van der Waals surface area contributed by atoms with Gasteiger partial charge >= 0.3 is 0 Å². The standard InChI is InChI=1S/C11H15NO.ClH/c1-2-4-10(5-3-1)8-11-9-13-7-6-12-11;/h1-5,11-12H,6-9H2;1H. The van der Waals surface area contributed by atoms with Crippen LogP contribution in [0.4, 0.5) is 0 Å². The van der Waals surface area contributed by atoms with Crippen LogP contribution in [0, 0.1) is 0 Å². The highest BCUT2D eigenvalue weighted by atomic mass is 35.5. The molecule has 0 aliphatic carbocycles. The Kier molecular flexibility index (Phi) is 4.94. The van der Waals surface area contributed by atoms with E-state index in [9.17, 15) is 0 Å². The van der Waals surface area contributed by atoms with Crippen molar-refractivity contribution >= 4 is 12.4 Å². The molecular formula is C11H16ClNO. The van der Waals surface area contributed by atoms with E-state index in [4.69, 9.17) is 4.74 Å². The molecule has 1 aliphatic heterocycles. The van der Waals surface area contributed by atoms with Gasteiger partial charge in [0.15, 0.2) is 0 Å². The molecule has 1 aromatic carbocycles. The summed E-state index contributed by atoms with van der Waals surface area (Å²) in [4.78, 5) is 0. The zero-order valence-electron chi connectivity index (χ0n) is 8.11. The normalized spacial score (nSPS) is 21.3. The van der Waals surface area contributed by atoms with Gasteiger partial charge in [-0.1, -0.05) is 30.3 Å². The van der Waals surface area contributed by atoms with E-state index in [1.807, 2.05) is 6.07 Å². The second-order valence-electron chi connectivity index (χ2n) is 3.42. The van der Waals surface area contributed by atoms with Crippen molar-refractivity contribution in [2.75, 3.05) is 19.8 Å². The first-order valence-corrected chi connectivity index (χ1v) is 4.80. The minimum absolute atomic E-state index is 0. The summed E-state index contributed by atoms with van der Waals surface area (Å²) in [5.74, 6) is 0. The summed E-state index contributed by atoms with van der Waals surface area (Å²) < 4.78 is 5.39. The number of morpholine rings is 1. The molecule has 1 unspecified atom stereocenters. The minimum Gasteiger partial charge on any atom is -0.379 e. The van der Waals surface area contributed by atoms with E-state index in [1.165, 1.54) is 5.56 Å². The predicted octanol–water partition coefficient (Wildman–Crippen LogP) is 1.64. The number of ether oxygens (including phenoxy) is 1. The summed E-state index contributed by atoms with van der Waals surface area (Å²) in [6.07, 6.45) is 1.07. The Morgan fingerprint density at radius 1 is 1.29 bits per heavy atom. The van der Waals surface area contributed by atoms with E-state index >= 15 is 0 Å². The fraction of sp³-hybridized carbons (Fsp3) is 0.455. The van der Waals surface area contributed by atoms with Crippen LogP contribution in [-0.2, 0) is 11.2 Å². The van der Waals surface area contributed by atoms with E-state index in [-0.39, 0.29) is 12.4 Å². The number of hydrogen-bond donors (Lipinski definition) is 1. The summed E-state index contributed by atoms with van der Waals surface area (Å²) in [5.41, 5.74) is 1.38. The number of rotatable bonds is 2. The van der Waals surface area contributed by atoms with Crippen LogP contribution in [-0.4, -0.2) is 25.8 Å². The third-order valence-corrected chi connectivity index (χ3v) is 2.32. The molecule has 3 heteroatoms. The maximum atomic E-state index is 5.39. The van der Waals surface area contributed by atoms with Gasteiger partial charge in [0.25, 0.3) is 0 Å². The summed E-state index contributed by atoms with van der Waals surface area (Å²) in [6, 6.07) is 11.0. The fourth-order valence-electron chi connectivity index (χ4n) is 1.65. The van der Waals surface area contributed by atoms with Crippen LogP contribution in [0.15, 0.2) is 30.3 Å². The Morgan fingerprint density at radius 2 is 2.07 bits per heavy atom. The van der Waals surface area contributed by atoms with Crippen molar-refractivity contribution in [3.05, 3.63) is 35.9 Å². The Morgan fingerprint density at radius 3 is 2.71 bits per heavy atom. The number of hydrogen-bond acceptors (Lipinski definition) is 2. The SMILES string of the molecule is Cl.c1ccc(CC2COCCN2)cc1. The fourth-order valence-corrected chi connectivity index (χ4v) is 1.65. The average Bonchev–Trinajstić information content (AvgIpc) is 2.21. The van der Waals surface area contributed by atoms with Gasteiger partial charge in [0.1, 0.15) is 0 Å². The molecule has 2 rings (SSSR count). The number of nitrogens with one attached hydrogen (secondary N) is 1. The molecule has 1 aromatic rings. The first kappa shape index (κ1) is 11.5. The highest BCUT2D eigenvalue weighted by Gasteiger charge is 2.12. The lowest BCUT2D eigenvalue weighted by molar-refractivity contribution is 0.0770. The molecule has 0 radical (unpaired) electrons. The van der Waals surface area contributed by atoms with Crippen molar-refractivity contribution in [3.8, 4) is 0 Å². The van der Waals surface area contributed by atoms with E-state index in [0.29, 0.717) is 6.04 Å². The van der Waals surface area contributed by atoms with Crippen molar-refractivity contribution in [2.24, 2.45) is 0 Å². The maximum Gasteiger partial charge on any atom is 0.0623 e. The highest BCUT2D eigenvalue weighted by Crippen LogP contribution is 2.05. The van der Waals surface area contributed by atoms with Crippen LogP contribution in [0.5, 0.6) is 0 Å². The Hall–Kier alpha value is -0.570. The van der Waals surface area contributed by atoms with E-state index in [1.54, 1.807) is 0 Å². The molecule has 0 saturated carbocycles. The first-order chi connectivity index (χ1) is 6.45. The molecule has 1 fully saturated rings. The van der Waals surface area contributed by atoms with Gasteiger partial charge in [0, 0.05) is 12.6 Å². The summed E-state index contributed by atoms with van der Waals surface area (Å²) >= 11 is 0. The van der Waals surface area contributed by atoms with Crippen molar-refractivity contribution in [1.82, 2.24) is 5.32 Å². The zero-order valence-corrected chi connectivity index (χ0v) is 8.93. The molecule has 0 spiro atoms. The number of halogens is 1. The lowest BCUT2D eigenvalue weighted by atomic mass is 10.1. The summed E-state index contributed by atoms with van der Waals surface area (Å²) in [6.45, 7) is 2.68. The summed E-state index contributed by atoms with van der Waals surface area (Å²) in [7, 11) is 0. The van der Waals surface area contributed by atoms with Gasteiger partial charge in [0.05, 0.1) is 13.2 Å². The van der Waals surface area contributed by atoms with Gasteiger partial charge in [-0.25, -0.2) is 0 Å². The van der Waals surface area contributed by atoms with Gasteiger partial charge in [-0.2, -0.15) is 0 Å². The smallest absolute Gasteiger partial charge is 0.0623 e. The molecular weight excluding hydrogens is 198 g/mol. The summed E-state index contributed by atoms with van der Waals surface area (Å²) in [5, 5.41) is 3.44. The van der Waals surface area contributed by atoms with Gasteiger partial charge in [-0.15, -0.1) is 12.4 Å². The van der Waals surface area contributed by atoms with Crippen molar-refractivity contribution in [1.29, 1.82) is 0 Å². The molecule has 78 valence electrons. The third-order valence-electron chi connectivity index (χ3n) is 2.32. The molecule has 1 atom stereocenters. The predicted molar refractivity (Wildman–Crippen MR) is 60.0 cm³/mol. The third kappa shape index (κ3) is 3.29. The quantitative estimate of drug-likeness (QED) is 0.807. The molecule has 1 heterocycles. The molecule has 1 saturated heterocycles. The lowest BCUT2D eigenvalue weighted by Gasteiger charge is -2.23. The Balaban J connectivity index is 0.000000980. The van der Waals surface area contributed by atoms with Crippen molar-refractivity contribution < 1.29 is 4.74 Å². The minimum atomic E-state index is 0. The van der Waals surface area contributed by atoms with Crippen molar-refractivity contribution in [2.45, 2.75) is 12.5 Å². The topological polar surface area (TPSA) is 21.3 Å². The largest absolute Gasteiger partial charge is 0.379 e. The van der Waals surface area contributed by atoms with Crippen LogP contribution in [0.25, 0.3) is 0 Å². The van der Waals surface area contributed by atoms with Gasteiger partial charge in [0.2, 0.25) is 0 Å². The van der Waals surface area contributed by atoms with Gasteiger partial charge < -0.3 is 10.1 Å². The van der Waals surface area contributed by atoms with Crippen LogP contribution >= 0.6 is 12.4 Å². The second-order valence-corrected chi connectivity index (χ2v) is 3.42. The highest BCUT2D eigenvalue weighted by molar-refractivity contribution is 5.85. The van der Waals surface area contributed by atoms with Crippen LogP contribution in [0.3, 0.4) is 0 Å². The number of benzene rings is 1. The molecule has 0 aromatic heterocycles. The van der Waals surface area contributed by atoms with E-state index in [0.717, 1.165) is 26.2 Å². The monoisotopic (exact) mass is 213 g/mol. The van der Waals surface area contributed by atoms with E-state index in [2.05, 4.69) is 29.6 Å². The molecule has 0 bridgehead atoms. The molecule has 1 N–H and O–H groups in total.